The minimum absolute atomic E-state index is 0.667. The Morgan fingerprint density at radius 3 is 1.86 bits per heavy atom. The van der Waals surface area contributed by atoms with Crippen LogP contribution in [0.3, 0.4) is 0 Å². The van der Waals surface area contributed by atoms with Crippen LogP contribution < -0.4 is 0 Å². The van der Waals surface area contributed by atoms with Crippen molar-refractivity contribution in [3.05, 3.63) is 77.4 Å². The average molecular weight is 556 g/mol. The van der Waals surface area contributed by atoms with Gasteiger partial charge in [0.15, 0.2) is 0 Å². The average Bonchev–Trinajstić information content (AvgIpc) is 2.89. The summed E-state index contributed by atoms with van der Waals surface area (Å²) in [5.41, 5.74) is 3.72. The minimum Gasteiger partial charge on any atom is -0.0891 e. The van der Waals surface area contributed by atoms with Gasteiger partial charge in [0.05, 0.1) is 0 Å². The van der Waals surface area contributed by atoms with E-state index in [4.69, 9.17) is 12.2 Å². The first-order chi connectivity index (χ1) is 17.2. The molecule has 2 aromatic rings. The van der Waals surface area contributed by atoms with E-state index in [2.05, 4.69) is 65.3 Å². The lowest BCUT2D eigenvalue weighted by Gasteiger charge is -2.10. The van der Waals surface area contributed by atoms with Gasteiger partial charge in [-0.2, -0.15) is 0 Å². The predicted octanol–water partition coefficient (Wildman–Crippen LogP) is 11.3. The van der Waals surface area contributed by atoms with Crippen LogP contribution >= 0.6 is 28.1 Å². The molecule has 1 unspecified atom stereocenters. The number of benzene rings is 2. The van der Waals surface area contributed by atoms with Crippen LogP contribution in [0.4, 0.5) is 0 Å². The molecule has 0 radical (unpaired) electrons. The fourth-order valence-corrected chi connectivity index (χ4v) is 5.40. The molecule has 0 bridgehead atoms. The molecule has 192 valence electrons. The first-order valence-corrected chi connectivity index (χ1v) is 15.5. The molecule has 0 saturated heterocycles. The number of halogens is 1. The number of hydrogen-bond acceptors (Lipinski definition) is 1. The molecular formula is C33H47BrS. The van der Waals surface area contributed by atoms with E-state index in [1.165, 1.54) is 107 Å². The molecule has 0 amide bonds. The Hall–Kier alpha value is -1.25. The van der Waals surface area contributed by atoms with E-state index in [9.17, 15) is 0 Å². The molecule has 0 N–H and O–H groups in total. The highest BCUT2D eigenvalue weighted by Crippen LogP contribution is 2.20. The molecule has 0 saturated carbocycles. The fraction of sp³-hybridized carbons (Fsp3) is 0.545. The monoisotopic (exact) mass is 554 g/mol. The third-order valence-corrected chi connectivity index (χ3v) is 8.11. The Kier molecular flexibility index (Phi) is 17.0. The first-order valence-electron chi connectivity index (χ1n) is 14.2. The van der Waals surface area contributed by atoms with Crippen molar-refractivity contribution in [3.8, 4) is 0 Å². The quantitative estimate of drug-likeness (QED) is 0.0515. The van der Waals surface area contributed by atoms with E-state index >= 15 is 0 Å². The van der Waals surface area contributed by atoms with Crippen molar-refractivity contribution >= 4 is 39.1 Å². The van der Waals surface area contributed by atoms with E-state index in [0.717, 1.165) is 16.8 Å². The Morgan fingerprint density at radius 1 is 0.714 bits per heavy atom. The maximum atomic E-state index is 5.59. The summed E-state index contributed by atoms with van der Waals surface area (Å²) < 4.78 is 0. The number of thiocarbonyl (C=S) groups is 1. The maximum absolute atomic E-state index is 5.59. The van der Waals surface area contributed by atoms with Crippen molar-refractivity contribution in [2.24, 2.45) is 0 Å². The molecule has 0 nitrogen and oxygen atoms in total. The summed E-state index contributed by atoms with van der Waals surface area (Å²) in [5, 5.41) is 0. The summed E-state index contributed by atoms with van der Waals surface area (Å²) in [4.78, 5) is 1.56. The van der Waals surface area contributed by atoms with Gasteiger partial charge in [0.2, 0.25) is 0 Å². The van der Waals surface area contributed by atoms with Crippen LogP contribution in [0.1, 0.15) is 120 Å². The van der Waals surface area contributed by atoms with Gasteiger partial charge in [0, 0.05) is 9.69 Å². The predicted molar refractivity (Wildman–Crippen MR) is 165 cm³/mol. The fourth-order valence-electron chi connectivity index (χ4n) is 4.55. The van der Waals surface area contributed by atoms with Gasteiger partial charge in [0.1, 0.15) is 0 Å². The number of alkyl halides is 1. The molecule has 0 fully saturated rings. The van der Waals surface area contributed by atoms with Crippen molar-refractivity contribution in [1.82, 2.24) is 0 Å². The van der Waals surface area contributed by atoms with Crippen molar-refractivity contribution in [1.29, 1.82) is 0 Å². The summed E-state index contributed by atoms with van der Waals surface area (Å²) in [5.74, 6) is 0. The molecule has 0 aliphatic heterocycles. The topological polar surface area (TPSA) is 0 Å². The molecule has 0 spiro atoms. The standard InChI is InChI=1S/C33H47BrS/c1-2-3-4-5-6-7-8-9-10-11-12-16-21-32(34)22-17-20-30-23-26-31(27-24-30)33(35)28-25-29-18-14-13-15-19-29/h13-15,18-19,23-28,32H,2-12,16-17,20-22H2,1H3. The molecule has 2 aromatic carbocycles. The third-order valence-electron chi connectivity index (χ3n) is 6.82. The van der Waals surface area contributed by atoms with Crippen LogP contribution in [0, 0.1) is 0 Å². The van der Waals surface area contributed by atoms with Crippen LogP contribution in [-0.2, 0) is 6.42 Å². The van der Waals surface area contributed by atoms with Gasteiger partial charge in [-0.25, -0.2) is 0 Å². The maximum Gasteiger partial charge on any atom is 0.0449 e. The van der Waals surface area contributed by atoms with E-state index in [0.29, 0.717) is 4.83 Å². The lowest BCUT2D eigenvalue weighted by atomic mass is 10.0. The second kappa shape index (κ2) is 19.9. The highest BCUT2D eigenvalue weighted by Gasteiger charge is 2.05. The van der Waals surface area contributed by atoms with Gasteiger partial charge < -0.3 is 0 Å². The molecule has 35 heavy (non-hydrogen) atoms. The Labute approximate surface area is 230 Å². The molecule has 1 atom stereocenters. The lowest BCUT2D eigenvalue weighted by Crippen LogP contribution is -1.99. The van der Waals surface area contributed by atoms with Crippen LogP contribution in [0.5, 0.6) is 0 Å². The molecule has 0 heterocycles. The molecule has 0 aliphatic rings. The number of aryl methyl sites for hydroxylation is 1. The molecule has 0 aliphatic carbocycles. The van der Waals surface area contributed by atoms with Gasteiger partial charge in [0.25, 0.3) is 0 Å². The normalized spacial score (nSPS) is 12.3. The number of allylic oxidation sites excluding steroid dienone is 1. The first kappa shape index (κ1) is 30.0. The van der Waals surface area contributed by atoms with Gasteiger partial charge in [-0.1, -0.05) is 173 Å². The minimum atomic E-state index is 0.667. The largest absolute Gasteiger partial charge is 0.0891 e. The highest BCUT2D eigenvalue weighted by molar-refractivity contribution is 9.09. The summed E-state index contributed by atoms with van der Waals surface area (Å²) in [7, 11) is 0. The SMILES string of the molecule is CCCCCCCCCCCCCCC(Br)CCCc1ccc(C(=S)C=Cc2ccccc2)cc1. The highest BCUT2D eigenvalue weighted by atomic mass is 79.9. The Bertz CT molecular complexity index is 809. The third kappa shape index (κ3) is 14.8. The van der Waals surface area contributed by atoms with Crippen LogP contribution in [0.2, 0.25) is 0 Å². The van der Waals surface area contributed by atoms with Gasteiger partial charge in [-0.15, -0.1) is 0 Å². The Morgan fingerprint density at radius 2 is 1.26 bits per heavy atom. The summed E-state index contributed by atoms with van der Waals surface area (Å²) in [6.45, 7) is 2.29. The number of unbranched alkanes of at least 4 members (excludes halogenated alkanes) is 11. The summed E-state index contributed by atoms with van der Waals surface area (Å²) in [6.07, 6.45) is 26.2. The van der Waals surface area contributed by atoms with Gasteiger partial charge in [-0.3, -0.25) is 0 Å². The molecule has 2 heteroatoms. The van der Waals surface area contributed by atoms with Gasteiger partial charge >= 0.3 is 0 Å². The van der Waals surface area contributed by atoms with Crippen LogP contribution in [0.25, 0.3) is 6.08 Å². The molecular weight excluding hydrogens is 508 g/mol. The van der Waals surface area contributed by atoms with Crippen molar-refractivity contribution < 1.29 is 0 Å². The van der Waals surface area contributed by atoms with Crippen molar-refractivity contribution in [3.63, 3.8) is 0 Å². The molecule has 2 rings (SSSR count). The lowest BCUT2D eigenvalue weighted by molar-refractivity contribution is 0.533. The van der Waals surface area contributed by atoms with Crippen molar-refractivity contribution in [2.75, 3.05) is 0 Å². The Balaban J connectivity index is 1.48. The van der Waals surface area contributed by atoms with Crippen LogP contribution in [0.15, 0.2) is 60.7 Å². The molecule has 0 aromatic heterocycles. The van der Waals surface area contributed by atoms with E-state index in [1.54, 1.807) is 0 Å². The zero-order chi connectivity index (χ0) is 25.0. The summed E-state index contributed by atoms with van der Waals surface area (Å²) >= 11 is 9.52. The van der Waals surface area contributed by atoms with E-state index < -0.39 is 0 Å². The van der Waals surface area contributed by atoms with Gasteiger partial charge in [-0.05, 0) is 48.4 Å². The van der Waals surface area contributed by atoms with E-state index in [-0.39, 0.29) is 0 Å². The second-order valence-electron chi connectivity index (χ2n) is 9.97. The smallest absolute Gasteiger partial charge is 0.0449 e. The summed E-state index contributed by atoms with van der Waals surface area (Å²) in [6, 6.07) is 19.1. The second-order valence-corrected chi connectivity index (χ2v) is 11.7. The van der Waals surface area contributed by atoms with E-state index in [1.807, 2.05) is 24.3 Å². The number of hydrogen-bond donors (Lipinski definition) is 0. The van der Waals surface area contributed by atoms with Crippen molar-refractivity contribution in [2.45, 2.75) is 114 Å². The number of rotatable bonds is 20. The van der Waals surface area contributed by atoms with Crippen LogP contribution in [-0.4, -0.2) is 9.69 Å². The zero-order valence-corrected chi connectivity index (χ0v) is 24.4. The zero-order valence-electron chi connectivity index (χ0n) is 22.0.